The van der Waals surface area contributed by atoms with Crippen molar-refractivity contribution in [2.45, 2.75) is 11.3 Å². The van der Waals surface area contributed by atoms with Gasteiger partial charge in [0, 0.05) is 0 Å². The van der Waals surface area contributed by atoms with Gasteiger partial charge >= 0.3 is 0 Å². The number of nitrogens with two attached hydrogens (primary N) is 1. The monoisotopic (exact) mass is 231 g/mol. The van der Waals surface area contributed by atoms with E-state index in [1.165, 1.54) is 13.2 Å². The molecule has 0 aromatic heterocycles. The van der Waals surface area contributed by atoms with Gasteiger partial charge in [0.2, 0.25) is 0 Å². The zero-order valence-corrected chi connectivity index (χ0v) is 9.12. The van der Waals surface area contributed by atoms with Gasteiger partial charge in [-0.1, -0.05) is 6.07 Å². The zero-order valence-electron chi connectivity index (χ0n) is 8.30. The molecule has 6 heteroatoms. The second kappa shape index (κ2) is 4.61. The predicted molar refractivity (Wildman–Crippen MR) is 55.6 cm³/mol. The van der Waals surface area contributed by atoms with E-state index < -0.39 is 10.1 Å². The maximum absolute atomic E-state index is 10.9. The van der Waals surface area contributed by atoms with Crippen LogP contribution in [0.25, 0.3) is 0 Å². The lowest BCUT2D eigenvalue weighted by Crippen LogP contribution is -2.05. The number of rotatable bonds is 4. The van der Waals surface area contributed by atoms with Crippen LogP contribution in [0, 0.1) is 0 Å². The highest BCUT2D eigenvalue weighted by molar-refractivity contribution is 7.86. The quantitative estimate of drug-likeness (QED) is 0.734. The summed E-state index contributed by atoms with van der Waals surface area (Å²) < 4.78 is 35.6. The molecule has 3 N–H and O–H groups in total. The van der Waals surface area contributed by atoms with Crippen LogP contribution in [0.3, 0.4) is 0 Å². The molecule has 5 nitrogen and oxygen atoms in total. The van der Waals surface area contributed by atoms with E-state index in [0.29, 0.717) is 13.0 Å². The maximum atomic E-state index is 10.9. The van der Waals surface area contributed by atoms with E-state index in [0.717, 1.165) is 5.56 Å². The van der Waals surface area contributed by atoms with Crippen LogP contribution in [0.15, 0.2) is 23.1 Å². The normalized spacial score (nSPS) is 11.4. The van der Waals surface area contributed by atoms with Crippen molar-refractivity contribution in [3.05, 3.63) is 23.8 Å². The predicted octanol–water partition coefficient (Wildman–Crippen LogP) is 0.443. The van der Waals surface area contributed by atoms with Crippen molar-refractivity contribution in [1.29, 1.82) is 0 Å². The van der Waals surface area contributed by atoms with E-state index in [4.69, 9.17) is 15.0 Å². The molecule has 0 aliphatic carbocycles. The summed E-state index contributed by atoms with van der Waals surface area (Å²) >= 11 is 0. The third kappa shape index (κ3) is 2.92. The van der Waals surface area contributed by atoms with Crippen molar-refractivity contribution in [3.8, 4) is 5.75 Å². The van der Waals surface area contributed by atoms with Gasteiger partial charge in [0.15, 0.2) is 0 Å². The Balaban J connectivity index is 3.21. The van der Waals surface area contributed by atoms with Crippen molar-refractivity contribution >= 4 is 10.1 Å². The number of hydrogen-bond donors (Lipinski definition) is 2. The highest BCUT2D eigenvalue weighted by atomic mass is 32.2. The molecule has 15 heavy (non-hydrogen) atoms. The standard InChI is InChI=1S/C9H13NO4S/c1-14-8-6-7(4-5-10)2-3-9(8)15(11,12)13/h2-3,6H,4-5,10H2,1H3,(H,11,12,13). The minimum Gasteiger partial charge on any atom is -0.495 e. The summed E-state index contributed by atoms with van der Waals surface area (Å²) in [6.07, 6.45) is 0.627. The third-order valence-corrected chi connectivity index (χ3v) is 2.83. The molecule has 0 fully saturated rings. The first-order valence-corrected chi connectivity index (χ1v) is 5.77. The van der Waals surface area contributed by atoms with Crippen LogP contribution in [0.2, 0.25) is 0 Å². The highest BCUT2D eigenvalue weighted by Crippen LogP contribution is 2.24. The first-order valence-electron chi connectivity index (χ1n) is 4.33. The fourth-order valence-electron chi connectivity index (χ4n) is 1.25. The van der Waals surface area contributed by atoms with E-state index in [2.05, 4.69) is 0 Å². The van der Waals surface area contributed by atoms with Crippen LogP contribution in [0.4, 0.5) is 0 Å². The molecule has 0 saturated heterocycles. The van der Waals surface area contributed by atoms with E-state index >= 15 is 0 Å². The molecule has 0 atom stereocenters. The molecular formula is C9H13NO4S. The summed E-state index contributed by atoms with van der Waals surface area (Å²) in [5.41, 5.74) is 6.23. The van der Waals surface area contributed by atoms with E-state index in [9.17, 15) is 8.42 Å². The van der Waals surface area contributed by atoms with Gasteiger partial charge in [-0.3, -0.25) is 4.55 Å². The molecule has 0 amide bonds. The summed E-state index contributed by atoms with van der Waals surface area (Å²) in [6.45, 7) is 0.467. The second-order valence-corrected chi connectivity index (χ2v) is 4.39. The van der Waals surface area contributed by atoms with Gasteiger partial charge in [-0.2, -0.15) is 8.42 Å². The van der Waals surface area contributed by atoms with Gasteiger partial charge in [-0.05, 0) is 30.7 Å². The van der Waals surface area contributed by atoms with Crippen LogP contribution in [-0.4, -0.2) is 26.6 Å². The molecule has 1 aromatic carbocycles. The Morgan fingerprint density at radius 2 is 2.13 bits per heavy atom. The minimum absolute atomic E-state index is 0.128. The average Bonchev–Trinajstić information content (AvgIpc) is 2.16. The van der Waals surface area contributed by atoms with Crippen molar-refractivity contribution in [2.75, 3.05) is 13.7 Å². The zero-order chi connectivity index (χ0) is 11.5. The van der Waals surface area contributed by atoms with E-state index in [1.807, 2.05) is 0 Å². The molecule has 0 heterocycles. The molecular weight excluding hydrogens is 218 g/mol. The fourth-order valence-corrected chi connectivity index (χ4v) is 1.88. The molecule has 0 aliphatic rings. The van der Waals surface area contributed by atoms with Gasteiger partial charge in [-0.15, -0.1) is 0 Å². The van der Waals surface area contributed by atoms with Gasteiger partial charge in [-0.25, -0.2) is 0 Å². The number of methoxy groups -OCH3 is 1. The topological polar surface area (TPSA) is 89.6 Å². The molecule has 0 unspecified atom stereocenters. The second-order valence-electron chi connectivity index (χ2n) is 3.00. The van der Waals surface area contributed by atoms with Crippen molar-refractivity contribution in [3.63, 3.8) is 0 Å². The smallest absolute Gasteiger partial charge is 0.298 e. The Labute approximate surface area is 88.6 Å². The molecule has 0 saturated carbocycles. The van der Waals surface area contributed by atoms with Crippen molar-refractivity contribution in [1.82, 2.24) is 0 Å². The lowest BCUT2D eigenvalue weighted by atomic mass is 10.1. The van der Waals surface area contributed by atoms with Crippen LogP contribution < -0.4 is 10.5 Å². The Morgan fingerprint density at radius 3 is 2.60 bits per heavy atom. The third-order valence-electron chi connectivity index (χ3n) is 1.94. The van der Waals surface area contributed by atoms with Crippen LogP contribution in [0.1, 0.15) is 5.56 Å². The van der Waals surface area contributed by atoms with E-state index in [1.54, 1.807) is 12.1 Å². The molecule has 1 rings (SSSR count). The lowest BCUT2D eigenvalue weighted by Gasteiger charge is -2.07. The Morgan fingerprint density at radius 1 is 1.47 bits per heavy atom. The van der Waals surface area contributed by atoms with Crippen molar-refractivity contribution < 1.29 is 17.7 Å². The van der Waals surface area contributed by atoms with Gasteiger partial charge < -0.3 is 10.5 Å². The Hall–Kier alpha value is -1.11. The summed E-state index contributed by atoms with van der Waals surface area (Å²) in [6, 6.07) is 4.45. The lowest BCUT2D eigenvalue weighted by molar-refractivity contribution is 0.397. The Kier molecular flexibility index (Phi) is 3.67. The van der Waals surface area contributed by atoms with Gasteiger partial charge in [0.1, 0.15) is 10.6 Å². The SMILES string of the molecule is COc1cc(CCN)ccc1S(=O)(=O)O. The van der Waals surface area contributed by atoms with Gasteiger partial charge in [0.05, 0.1) is 7.11 Å². The highest BCUT2D eigenvalue weighted by Gasteiger charge is 2.16. The van der Waals surface area contributed by atoms with Crippen LogP contribution >= 0.6 is 0 Å². The molecule has 1 aromatic rings. The summed E-state index contributed by atoms with van der Waals surface area (Å²) in [5, 5.41) is 0. The number of benzene rings is 1. The Bertz CT molecular complexity index is 441. The fraction of sp³-hybridized carbons (Fsp3) is 0.333. The first kappa shape index (κ1) is 12.0. The average molecular weight is 231 g/mol. The number of ether oxygens (including phenoxy) is 1. The summed E-state index contributed by atoms with van der Waals surface area (Å²) in [5.74, 6) is 0.128. The molecule has 0 bridgehead atoms. The summed E-state index contributed by atoms with van der Waals surface area (Å²) in [7, 11) is -2.89. The maximum Gasteiger partial charge on any atom is 0.298 e. The molecule has 0 spiro atoms. The minimum atomic E-state index is -4.23. The molecule has 84 valence electrons. The van der Waals surface area contributed by atoms with Crippen LogP contribution in [0.5, 0.6) is 5.75 Å². The summed E-state index contributed by atoms with van der Waals surface area (Å²) in [4.78, 5) is -0.231. The van der Waals surface area contributed by atoms with Crippen molar-refractivity contribution in [2.24, 2.45) is 5.73 Å². The van der Waals surface area contributed by atoms with Gasteiger partial charge in [0.25, 0.3) is 10.1 Å². The first-order chi connectivity index (χ1) is 6.99. The van der Waals surface area contributed by atoms with E-state index in [-0.39, 0.29) is 10.6 Å². The molecule has 0 aliphatic heterocycles. The largest absolute Gasteiger partial charge is 0.495 e. The molecule has 0 radical (unpaired) electrons. The number of hydrogen-bond acceptors (Lipinski definition) is 4. The van der Waals surface area contributed by atoms with Crippen LogP contribution in [-0.2, 0) is 16.5 Å².